The maximum absolute atomic E-state index is 13.3. The van der Waals surface area contributed by atoms with Crippen LogP contribution in [0.25, 0.3) is 0 Å². The molecule has 2 aromatic carbocycles. The Hall–Kier alpha value is -3.20. The van der Waals surface area contributed by atoms with Crippen LogP contribution in [0.4, 0.5) is 0 Å². The van der Waals surface area contributed by atoms with Gasteiger partial charge in [0, 0.05) is 38.2 Å². The van der Waals surface area contributed by atoms with Gasteiger partial charge in [0.25, 0.3) is 11.8 Å². The average Bonchev–Trinajstić information content (AvgIpc) is 2.82. The molecule has 0 radical (unpaired) electrons. The normalized spacial score (nSPS) is 15.3. The first-order chi connectivity index (χ1) is 14.8. The molecule has 0 aliphatic carbocycles. The van der Waals surface area contributed by atoms with Gasteiger partial charge >= 0.3 is 0 Å². The molecule has 1 aliphatic rings. The molecule has 1 N–H and O–H groups in total. The molecule has 1 heterocycles. The zero-order valence-electron chi connectivity index (χ0n) is 17.2. The monoisotopic (exact) mass is 443 g/mol. The van der Waals surface area contributed by atoms with E-state index in [9.17, 15) is 22.8 Å². The second kappa shape index (κ2) is 9.74. The highest BCUT2D eigenvalue weighted by atomic mass is 32.2. The summed E-state index contributed by atoms with van der Waals surface area (Å²) in [6.07, 6.45) is 0.367. The molecule has 3 amide bonds. The minimum absolute atomic E-state index is 0.0158. The van der Waals surface area contributed by atoms with E-state index in [4.69, 9.17) is 0 Å². The van der Waals surface area contributed by atoms with Gasteiger partial charge < -0.3 is 15.1 Å². The quantitative estimate of drug-likeness (QED) is 0.725. The number of sulfone groups is 1. The van der Waals surface area contributed by atoms with Crippen LogP contribution in [0.3, 0.4) is 0 Å². The number of rotatable bonds is 6. The predicted octanol–water partition coefficient (Wildman–Crippen LogP) is 1.30. The molecule has 0 saturated carbocycles. The van der Waals surface area contributed by atoms with E-state index in [1.807, 2.05) is 0 Å². The maximum Gasteiger partial charge on any atom is 0.261 e. The molecule has 1 fully saturated rings. The predicted molar refractivity (Wildman–Crippen MR) is 115 cm³/mol. The van der Waals surface area contributed by atoms with Crippen LogP contribution in [0, 0.1) is 0 Å². The molecular formula is C22H25N3O5S. The Bertz CT molecular complexity index is 1030. The topological polar surface area (TPSA) is 104 Å². The Balaban J connectivity index is 1.86. The van der Waals surface area contributed by atoms with Crippen LogP contribution in [-0.4, -0.2) is 67.5 Å². The van der Waals surface area contributed by atoms with Crippen molar-refractivity contribution in [2.24, 2.45) is 0 Å². The Morgan fingerprint density at radius 3 is 1.94 bits per heavy atom. The number of carbonyl (C=O) groups excluding carboxylic acids is 3. The molecule has 1 saturated heterocycles. The Labute approximate surface area is 181 Å². The lowest BCUT2D eigenvalue weighted by Crippen LogP contribution is -2.57. The van der Waals surface area contributed by atoms with Crippen molar-refractivity contribution in [1.29, 1.82) is 0 Å². The fraction of sp³-hybridized carbons (Fsp3) is 0.318. The molecule has 0 unspecified atom stereocenters. The molecule has 1 aliphatic heterocycles. The van der Waals surface area contributed by atoms with E-state index in [1.54, 1.807) is 60.4 Å². The summed E-state index contributed by atoms with van der Waals surface area (Å²) in [5, 5.41) is 0.648. The number of nitrogens with zero attached hydrogens (tertiary/aromatic N) is 2. The summed E-state index contributed by atoms with van der Waals surface area (Å²) >= 11 is 0. The van der Waals surface area contributed by atoms with Gasteiger partial charge in [-0.1, -0.05) is 43.3 Å². The second-order valence-corrected chi connectivity index (χ2v) is 9.17. The standard InChI is InChI=1S/C22H25N3O5S/c1-2-19(26)24-13-15-25(16-14-24)22(28)21(23-20(27)17-9-5-3-6-10-17)31(29,30)18-11-7-4-8-12-18/h3-12,21H,2,13-16H2,1H3,(H,23,27)/t21-/m1/s1. The first-order valence-corrected chi connectivity index (χ1v) is 11.6. The van der Waals surface area contributed by atoms with Gasteiger partial charge in [0.1, 0.15) is 0 Å². The summed E-state index contributed by atoms with van der Waals surface area (Å²) in [6.45, 7) is 2.81. The summed E-state index contributed by atoms with van der Waals surface area (Å²) in [7, 11) is -4.19. The highest BCUT2D eigenvalue weighted by Crippen LogP contribution is 2.18. The number of piperazine rings is 1. The van der Waals surface area contributed by atoms with Crippen LogP contribution in [-0.2, 0) is 19.4 Å². The summed E-state index contributed by atoms with van der Waals surface area (Å²) in [5.41, 5.74) is 0.252. The maximum atomic E-state index is 13.3. The smallest absolute Gasteiger partial charge is 0.261 e. The third-order valence-corrected chi connectivity index (χ3v) is 7.02. The highest BCUT2D eigenvalue weighted by Gasteiger charge is 2.39. The second-order valence-electron chi connectivity index (χ2n) is 7.14. The molecule has 8 nitrogen and oxygen atoms in total. The average molecular weight is 444 g/mol. The molecule has 9 heteroatoms. The van der Waals surface area contributed by atoms with Crippen molar-refractivity contribution in [2.75, 3.05) is 26.2 Å². The number of hydrogen-bond acceptors (Lipinski definition) is 5. The zero-order valence-corrected chi connectivity index (χ0v) is 18.0. The van der Waals surface area contributed by atoms with Crippen LogP contribution in [0.5, 0.6) is 0 Å². The largest absolute Gasteiger partial charge is 0.339 e. The lowest BCUT2D eigenvalue weighted by Gasteiger charge is -2.36. The van der Waals surface area contributed by atoms with Gasteiger partial charge in [0.15, 0.2) is 0 Å². The van der Waals surface area contributed by atoms with E-state index in [1.165, 1.54) is 17.0 Å². The third-order valence-electron chi connectivity index (χ3n) is 5.15. The van der Waals surface area contributed by atoms with Crippen molar-refractivity contribution in [3.8, 4) is 0 Å². The van der Waals surface area contributed by atoms with Crippen LogP contribution >= 0.6 is 0 Å². The summed E-state index contributed by atoms with van der Waals surface area (Å²) in [6, 6.07) is 15.7. The Kier molecular flexibility index (Phi) is 7.06. The van der Waals surface area contributed by atoms with Gasteiger partial charge in [-0.05, 0) is 24.3 Å². The molecule has 3 rings (SSSR count). The number of hydrogen-bond donors (Lipinski definition) is 1. The third kappa shape index (κ3) is 5.11. The molecule has 31 heavy (non-hydrogen) atoms. The van der Waals surface area contributed by atoms with Gasteiger partial charge in [0.2, 0.25) is 21.1 Å². The van der Waals surface area contributed by atoms with Crippen LogP contribution in [0.2, 0.25) is 0 Å². The molecule has 0 spiro atoms. The molecule has 1 atom stereocenters. The van der Waals surface area contributed by atoms with E-state index in [-0.39, 0.29) is 29.5 Å². The molecule has 0 aromatic heterocycles. The Morgan fingerprint density at radius 1 is 0.871 bits per heavy atom. The van der Waals surface area contributed by atoms with Crippen molar-refractivity contribution < 1.29 is 22.8 Å². The SMILES string of the molecule is CCC(=O)N1CCN(C(=O)[C@H](NC(=O)c2ccccc2)S(=O)(=O)c2ccccc2)CC1. The molecular weight excluding hydrogens is 418 g/mol. The number of carbonyl (C=O) groups is 3. The first-order valence-electron chi connectivity index (χ1n) is 10.1. The summed E-state index contributed by atoms with van der Waals surface area (Å²) in [5.74, 6) is -1.38. The van der Waals surface area contributed by atoms with Gasteiger partial charge in [-0.25, -0.2) is 8.42 Å². The van der Waals surface area contributed by atoms with Gasteiger partial charge in [0.05, 0.1) is 4.90 Å². The van der Waals surface area contributed by atoms with E-state index >= 15 is 0 Å². The first kappa shape index (κ1) is 22.5. The minimum Gasteiger partial charge on any atom is -0.339 e. The highest BCUT2D eigenvalue weighted by molar-refractivity contribution is 7.92. The van der Waals surface area contributed by atoms with E-state index in [2.05, 4.69) is 5.32 Å². The van der Waals surface area contributed by atoms with Crippen molar-refractivity contribution in [3.05, 3.63) is 66.2 Å². The van der Waals surface area contributed by atoms with Crippen molar-refractivity contribution >= 4 is 27.6 Å². The number of nitrogens with one attached hydrogen (secondary N) is 1. The zero-order chi connectivity index (χ0) is 22.4. The van der Waals surface area contributed by atoms with Gasteiger partial charge in [-0.2, -0.15) is 0 Å². The number of benzene rings is 2. The van der Waals surface area contributed by atoms with E-state index in [0.717, 1.165) is 0 Å². The van der Waals surface area contributed by atoms with Crippen molar-refractivity contribution in [2.45, 2.75) is 23.6 Å². The molecule has 164 valence electrons. The minimum atomic E-state index is -4.19. The molecule has 2 aromatic rings. The fourth-order valence-electron chi connectivity index (χ4n) is 3.38. The fourth-order valence-corrected chi connectivity index (χ4v) is 4.86. The lowest BCUT2D eigenvalue weighted by molar-refractivity contribution is -0.139. The van der Waals surface area contributed by atoms with Gasteiger partial charge in [-0.3, -0.25) is 14.4 Å². The lowest BCUT2D eigenvalue weighted by atomic mass is 10.2. The Morgan fingerprint density at radius 2 is 1.39 bits per heavy atom. The van der Waals surface area contributed by atoms with E-state index in [0.29, 0.717) is 19.5 Å². The summed E-state index contributed by atoms with van der Waals surface area (Å²) in [4.78, 5) is 40.8. The van der Waals surface area contributed by atoms with Crippen LogP contribution in [0.1, 0.15) is 23.7 Å². The van der Waals surface area contributed by atoms with E-state index < -0.39 is 27.0 Å². The van der Waals surface area contributed by atoms with Crippen molar-refractivity contribution in [3.63, 3.8) is 0 Å². The van der Waals surface area contributed by atoms with Crippen LogP contribution < -0.4 is 5.32 Å². The number of amides is 3. The molecule has 0 bridgehead atoms. The van der Waals surface area contributed by atoms with Crippen LogP contribution in [0.15, 0.2) is 65.6 Å². The van der Waals surface area contributed by atoms with Gasteiger partial charge in [-0.15, -0.1) is 0 Å². The van der Waals surface area contributed by atoms with Crippen molar-refractivity contribution in [1.82, 2.24) is 15.1 Å². The summed E-state index contributed by atoms with van der Waals surface area (Å²) < 4.78 is 26.6.